The Morgan fingerprint density at radius 2 is 2.14 bits per heavy atom. The number of aldehydes is 1. The quantitative estimate of drug-likeness (QED) is 0.262. The number of nitrogens with one attached hydrogen (secondary N) is 3. The van der Waals surface area contributed by atoms with Crippen molar-refractivity contribution in [3.05, 3.63) is 40.7 Å². The second-order valence-electron chi connectivity index (χ2n) is 8.51. The summed E-state index contributed by atoms with van der Waals surface area (Å²) in [5, 5.41) is 18.9. The van der Waals surface area contributed by atoms with Gasteiger partial charge in [-0.15, -0.1) is 0 Å². The number of pyridine rings is 2. The van der Waals surface area contributed by atoms with Crippen molar-refractivity contribution in [2.45, 2.75) is 39.3 Å². The van der Waals surface area contributed by atoms with Gasteiger partial charge in [-0.2, -0.15) is 17.0 Å². The maximum atomic E-state index is 12.2. The fourth-order valence-corrected chi connectivity index (χ4v) is 4.05. The average Bonchev–Trinajstić information content (AvgIpc) is 2.87. The maximum absolute atomic E-state index is 12.2. The lowest BCUT2D eigenvalue weighted by atomic mass is 10.1. The first-order valence-corrected chi connectivity index (χ1v) is 13.3. The van der Waals surface area contributed by atoms with Crippen LogP contribution in [0.25, 0.3) is 0 Å². The van der Waals surface area contributed by atoms with Gasteiger partial charge in [-0.25, -0.2) is 9.97 Å². The van der Waals surface area contributed by atoms with Crippen LogP contribution in [0.1, 0.15) is 47.4 Å². The van der Waals surface area contributed by atoms with Gasteiger partial charge in [0.1, 0.15) is 23.4 Å². The molecule has 2 aromatic rings. The molecule has 2 aromatic heterocycles. The molecule has 0 spiro atoms. The molecule has 11 heteroatoms. The van der Waals surface area contributed by atoms with Crippen LogP contribution in [-0.4, -0.2) is 71.8 Å². The van der Waals surface area contributed by atoms with Crippen LogP contribution >= 0.6 is 11.8 Å². The normalized spacial score (nSPS) is 11.6. The molecule has 2 heterocycles. The summed E-state index contributed by atoms with van der Waals surface area (Å²) in [6, 6.07) is 5.97. The van der Waals surface area contributed by atoms with E-state index in [1.54, 1.807) is 17.8 Å². The zero-order chi connectivity index (χ0) is 26.5. The van der Waals surface area contributed by atoms with Gasteiger partial charge in [0.05, 0.1) is 17.8 Å². The summed E-state index contributed by atoms with van der Waals surface area (Å²) in [5.41, 5.74) is 8.59. The van der Waals surface area contributed by atoms with Crippen LogP contribution in [0.3, 0.4) is 0 Å². The minimum absolute atomic E-state index is 0.126. The summed E-state index contributed by atoms with van der Waals surface area (Å²) in [7, 11) is 1.87. The third kappa shape index (κ3) is 8.78. The van der Waals surface area contributed by atoms with Gasteiger partial charge in [0.2, 0.25) is 5.91 Å². The lowest BCUT2D eigenvalue weighted by Crippen LogP contribution is -2.34. The smallest absolute Gasteiger partial charge is 0.234 e. The Balaban J connectivity index is 2.33. The SMILES string of the molecule is CCN(C)CC(=O)NCc1cc(CCCN)c(Nc2cc(NC(C)CSC)c(C#N)cn2)nc1C=O. The van der Waals surface area contributed by atoms with Crippen molar-refractivity contribution in [2.75, 3.05) is 49.3 Å². The predicted octanol–water partition coefficient (Wildman–Crippen LogP) is 2.53. The number of rotatable bonds is 15. The van der Waals surface area contributed by atoms with Gasteiger partial charge in [-0.05, 0) is 57.8 Å². The Labute approximate surface area is 217 Å². The first kappa shape index (κ1) is 29.0. The number of nitriles is 1. The zero-order valence-corrected chi connectivity index (χ0v) is 22.2. The highest BCUT2D eigenvalue weighted by Gasteiger charge is 2.15. The number of likely N-dealkylation sites (N-methyl/N-ethyl adjacent to an activating group) is 1. The minimum Gasteiger partial charge on any atom is -0.381 e. The standard InChI is InChI=1S/C25H36N8O2S/c1-5-33(3)14-24(35)29-12-19-9-18(7-6-8-26)25(31-22(19)15-34)32-23-10-21(20(11-27)13-28-23)30-17(2)16-36-4/h9-10,13,15,17H,5-8,12,14,16,26H2,1-4H3,(H,29,35)(H2,28,30,31,32). The molecule has 36 heavy (non-hydrogen) atoms. The number of carbonyl (C=O) groups is 2. The monoisotopic (exact) mass is 512 g/mol. The Bertz CT molecular complexity index is 1070. The van der Waals surface area contributed by atoms with Crippen molar-refractivity contribution < 1.29 is 9.59 Å². The van der Waals surface area contributed by atoms with Crippen molar-refractivity contribution in [3.8, 4) is 6.07 Å². The lowest BCUT2D eigenvalue weighted by Gasteiger charge is -2.18. The fraction of sp³-hybridized carbons (Fsp3) is 0.480. The number of nitrogens with zero attached hydrogens (tertiary/aromatic N) is 4. The predicted molar refractivity (Wildman–Crippen MR) is 146 cm³/mol. The lowest BCUT2D eigenvalue weighted by molar-refractivity contribution is -0.122. The molecular formula is C25H36N8O2S. The summed E-state index contributed by atoms with van der Waals surface area (Å²) in [6.07, 6.45) is 5.58. The highest BCUT2D eigenvalue weighted by molar-refractivity contribution is 7.98. The van der Waals surface area contributed by atoms with E-state index in [-0.39, 0.29) is 30.7 Å². The first-order chi connectivity index (χ1) is 17.3. The summed E-state index contributed by atoms with van der Waals surface area (Å²) >= 11 is 1.72. The fourth-order valence-electron chi connectivity index (χ4n) is 3.47. The molecule has 0 aliphatic rings. The summed E-state index contributed by atoms with van der Waals surface area (Å²) < 4.78 is 0. The average molecular weight is 513 g/mol. The van der Waals surface area contributed by atoms with Crippen molar-refractivity contribution in [1.82, 2.24) is 20.2 Å². The van der Waals surface area contributed by atoms with Crippen LogP contribution in [-0.2, 0) is 17.8 Å². The van der Waals surface area contributed by atoms with Gasteiger partial charge < -0.3 is 21.7 Å². The molecule has 194 valence electrons. The molecule has 0 aliphatic heterocycles. The number of nitrogens with two attached hydrogens (primary N) is 1. The molecular weight excluding hydrogens is 476 g/mol. The molecule has 0 bridgehead atoms. The Kier molecular flexibility index (Phi) is 12.1. The number of hydrogen-bond donors (Lipinski definition) is 4. The first-order valence-electron chi connectivity index (χ1n) is 11.9. The highest BCUT2D eigenvalue weighted by Crippen LogP contribution is 2.25. The van der Waals surface area contributed by atoms with E-state index < -0.39 is 0 Å². The minimum atomic E-state index is -0.126. The summed E-state index contributed by atoms with van der Waals surface area (Å²) in [4.78, 5) is 34.9. The number of amides is 1. The molecule has 1 amide bonds. The van der Waals surface area contributed by atoms with Gasteiger partial charge in [0.15, 0.2) is 6.29 Å². The van der Waals surface area contributed by atoms with Gasteiger partial charge in [0, 0.05) is 36.2 Å². The van der Waals surface area contributed by atoms with Crippen molar-refractivity contribution in [3.63, 3.8) is 0 Å². The van der Waals surface area contributed by atoms with Crippen LogP contribution in [0, 0.1) is 11.3 Å². The molecule has 1 atom stereocenters. The van der Waals surface area contributed by atoms with Crippen LogP contribution in [0.5, 0.6) is 0 Å². The number of aromatic nitrogens is 2. The molecule has 0 saturated heterocycles. The van der Waals surface area contributed by atoms with E-state index in [4.69, 9.17) is 5.73 Å². The van der Waals surface area contributed by atoms with E-state index in [0.29, 0.717) is 47.7 Å². The Hall–Kier alpha value is -3.20. The topological polar surface area (TPSA) is 149 Å². The maximum Gasteiger partial charge on any atom is 0.234 e. The van der Waals surface area contributed by atoms with E-state index in [1.165, 1.54) is 6.20 Å². The van der Waals surface area contributed by atoms with Crippen LogP contribution in [0.4, 0.5) is 17.3 Å². The van der Waals surface area contributed by atoms with Crippen molar-refractivity contribution in [1.29, 1.82) is 5.26 Å². The molecule has 5 N–H and O–H groups in total. The summed E-state index contributed by atoms with van der Waals surface area (Å²) in [5.74, 6) is 1.75. The van der Waals surface area contributed by atoms with Gasteiger partial charge >= 0.3 is 0 Å². The number of aryl methyl sites for hydroxylation is 1. The van der Waals surface area contributed by atoms with Crippen LogP contribution < -0.4 is 21.7 Å². The molecule has 0 aromatic carbocycles. The van der Waals surface area contributed by atoms with Gasteiger partial charge in [-0.1, -0.05) is 6.92 Å². The zero-order valence-electron chi connectivity index (χ0n) is 21.4. The third-order valence-electron chi connectivity index (χ3n) is 5.49. The second kappa shape index (κ2) is 15.0. The van der Waals surface area contributed by atoms with Crippen LogP contribution in [0.2, 0.25) is 0 Å². The third-order valence-corrected chi connectivity index (χ3v) is 6.33. The van der Waals surface area contributed by atoms with Gasteiger partial charge in [0.25, 0.3) is 0 Å². The van der Waals surface area contributed by atoms with E-state index in [1.807, 2.05) is 38.1 Å². The van der Waals surface area contributed by atoms with E-state index in [0.717, 1.165) is 24.3 Å². The molecule has 1 unspecified atom stereocenters. The molecule has 2 rings (SSSR count). The molecule has 0 saturated carbocycles. The Morgan fingerprint density at radius 3 is 2.78 bits per heavy atom. The number of carbonyl (C=O) groups excluding carboxylic acids is 2. The largest absolute Gasteiger partial charge is 0.381 e. The number of anilines is 3. The van der Waals surface area contributed by atoms with Gasteiger partial charge in [-0.3, -0.25) is 14.5 Å². The molecule has 0 aliphatic carbocycles. The van der Waals surface area contributed by atoms with Crippen molar-refractivity contribution in [2.24, 2.45) is 5.73 Å². The van der Waals surface area contributed by atoms with Crippen molar-refractivity contribution >= 4 is 41.3 Å². The Morgan fingerprint density at radius 1 is 1.36 bits per heavy atom. The number of hydrogen-bond acceptors (Lipinski definition) is 10. The van der Waals surface area contributed by atoms with E-state index in [2.05, 4.69) is 32.0 Å². The van der Waals surface area contributed by atoms with Crippen LogP contribution in [0.15, 0.2) is 18.3 Å². The van der Waals surface area contributed by atoms with E-state index in [9.17, 15) is 14.9 Å². The molecule has 0 fully saturated rings. The summed E-state index contributed by atoms with van der Waals surface area (Å²) in [6.45, 7) is 5.76. The molecule has 0 radical (unpaired) electrons. The molecule has 10 nitrogen and oxygen atoms in total. The second-order valence-corrected chi connectivity index (χ2v) is 9.42. The van der Waals surface area contributed by atoms with E-state index >= 15 is 0 Å². The highest BCUT2D eigenvalue weighted by atomic mass is 32.2. The number of thioether (sulfide) groups is 1.